The van der Waals surface area contributed by atoms with Crippen molar-refractivity contribution in [2.75, 3.05) is 0 Å². The highest BCUT2D eigenvalue weighted by molar-refractivity contribution is 8.26. The van der Waals surface area contributed by atoms with Crippen LogP contribution in [0.1, 0.15) is 68.2 Å². The number of carbonyl (C=O) groups excluding carboxylic acids is 2. The fourth-order valence-electron chi connectivity index (χ4n) is 3.21. The lowest BCUT2D eigenvalue weighted by molar-refractivity contribution is 0.178. The molecule has 0 fully saturated rings. The number of rotatable bonds is 14. The van der Waals surface area contributed by atoms with E-state index < -0.39 is 10.5 Å². The fourth-order valence-corrected chi connectivity index (χ4v) is 3.87. The smallest absolute Gasteiger partial charge is 0.288 e. The summed E-state index contributed by atoms with van der Waals surface area (Å²) >= 11 is 0.579. The summed E-state index contributed by atoms with van der Waals surface area (Å²) in [5.41, 5.74) is 0. The Labute approximate surface area is 237 Å². The first kappa shape index (κ1) is 32.1. The number of hydrogen-bond acceptors (Lipinski definition) is 7. The van der Waals surface area contributed by atoms with E-state index in [4.69, 9.17) is 18.9 Å². The standard InChI is InChI=1S/C30H44N2O6S/c1-9-19(3)35-25-11-15-27(16-12-25)37-23(7)21(5)31-29(33)39-30(34)32-22(6)24(8)38-28-17-13-26(14-18-28)36-20(4)10-2/h11-24H,9-10H2,1-8H3,(H,31,33)(H,32,34). The summed E-state index contributed by atoms with van der Waals surface area (Å²) < 4.78 is 23.5. The lowest BCUT2D eigenvalue weighted by Crippen LogP contribution is -2.43. The minimum Gasteiger partial charge on any atom is -0.491 e. The molecule has 0 saturated carbocycles. The third-order valence-corrected chi connectivity index (χ3v) is 7.01. The molecule has 0 bridgehead atoms. The minimum absolute atomic E-state index is 0.145. The van der Waals surface area contributed by atoms with Gasteiger partial charge in [0.15, 0.2) is 0 Å². The van der Waals surface area contributed by atoms with Gasteiger partial charge in [-0.3, -0.25) is 9.59 Å². The predicted octanol–water partition coefficient (Wildman–Crippen LogP) is 7.21. The van der Waals surface area contributed by atoms with Gasteiger partial charge in [-0.15, -0.1) is 0 Å². The molecule has 8 nitrogen and oxygen atoms in total. The molecule has 0 aromatic heterocycles. The van der Waals surface area contributed by atoms with Crippen molar-refractivity contribution in [2.45, 2.75) is 105 Å². The van der Waals surface area contributed by atoms with Gasteiger partial charge in [0.2, 0.25) is 0 Å². The molecule has 0 radical (unpaired) electrons. The molecule has 2 amide bonds. The van der Waals surface area contributed by atoms with Crippen LogP contribution in [0.2, 0.25) is 0 Å². The van der Waals surface area contributed by atoms with E-state index in [0.29, 0.717) is 23.3 Å². The topological polar surface area (TPSA) is 95.1 Å². The van der Waals surface area contributed by atoms with Crippen LogP contribution in [0.25, 0.3) is 0 Å². The van der Waals surface area contributed by atoms with E-state index in [1.165, 1.54) is 0 Å². The van der Waals surface area contributed by atoms with Crippen molar-refractivity contribution in [1.82, 2.24) is 10.6 Å². The van der Waals surface area contributed by atoms with Crippen LogP contribution in [0.5, 0.6) is 23.0 Å². The average Bonchev–Trinajstić information content (AvgIpc) is 2.90. The van der Waals surface area contributed by atoms with Gasteiger partial charge in [-0.1, -0.05) is 13.8 Å². The molecule has 0 aliphatic carbocycles. The molecule has 2 rings (SSSR count). The molecule has 0 spiro atoms. The van der Waals surface area contributed by atoms with E-state index in [0.717, 1.165) is 24.3 Å². The van der Waals surface area contributed by atoms with Crippen LogP contribution in [0, 0.1) is 0 Å². The number of carbonyl (C=O) groups is 2. The zero-order valence-electron chi connectivity index (χ0n) is 24.4. The van der Waals surface area contributed by atoms with Crippen molar-refractivity contribution >= 4 is 22.2 Å². The van der Waals surface area contributed by atoms with E-state index in [1.807, 2.05) is 90.1 Å². The van der Waals surface area contributed by atoms with Gasteiger partial charge in [0, 0.05) is 11.8 Å². The molecule has 2 aromatic rings. The van der Waals surface area contributed by atoms with E-state index in [9.17, 15) is 9.59 Å². The van der Waals surface area contributed by atoms with Crippen LogP contribution in [-0.2, 0) is 0 Å². The second kappa shape index (κ2) is 16.1. The Morgan fingerprint density at radius 1 is 0.590 bits per heavy atom. The summed E-state index contributed by atoms with van der Waals surface area (Å²) in [5, 5.41) is 4.72. The summed E-state index contributed by atoms with van der Waals surface area (Å²) in [6.45, 7) is 15.6. The maximum atomic E-state index is 12.4. The lowest BCUT2D eigenvalue weighted by atomic mass is 10.2. The van der Waals surface area contributed by atoms with E-state index >= 15 is 0 Å². The fraction of sp³-hybridized carbons (Fsp3) is 0.533. The zero-order valence-corrected chi connectivity index (χ0v) is 25.2. The molecule has 0 saturated heterocycles. The third kappa shape index (κ3) is 11.7. The van der Waals surface area contributed by atoms with Gasteiger partial charge in [-0.2, -0.15) is 0 Å². The van der Waals surface area contributed by atoms with E-state index in [2.05, 4.69) is 24.5 Å². The second-order valence-corrected chi connectivity index (χ2v) is 10.8. The molecular formula is C30H44N2O6S. The zero-order chi connectivity index (χ0) is 28.9. The maximum absolute atomic E-state index is 12.4. The second-order valence-electron chi connectivity index (χ2n) is 9.81. The maximum Gasteiger partial charge on any atom is 0.288 e. The number of thioether (sulfide) groups is 1. The molecule has 9 heteroatoms. The Morgan fingerprint density at radius 2 is 0.872 bits per heavy atom. The molecule has 39 heavy (non-hydrogen) atoms. The van der Waals surface area contributed by atoms with Gasteiger partial charge >= 0.3 is 0 Å². The summed E-state index contributed by atoms with van der Waals surface area (Å²) in [4.78, 5) is 24.9. The van der Waals surface area contributed by atoms with Crippen LogP contribution in [-0.4, -0.2) is 47.0 Å². The molecule has 0 aliphatic heterocycles. The first-order valence-corrected chi connectivity index (χ1v) is 14.5. The van der Waals surface area contributed by atoms with Gasteiger partial charge in [0.25, 0.3) is 10.5 Å². The molecule has 0 aliphatic rings. The Morgan fingerprint density at radius 3 is 1.15 bits per heavy atom. The van der Waals surface area contributed by atoms with Crippen LogP contribution in [0.3, 0.4) is 0 Å². The van der Waals surface area contributed by atoms with Crippen LogP contribution < -0.4 is 29.6 Å². The van der Waals surface area contributed by atoms with Crippen LogP contribution >= 0.6 is 11.8 Å². The molecule has 2 N–H and O–H groups in total. The number of benzene rings is 2. The monoisotopic (exact) mass is 560 g/mol. The summed E-state index contributed by atoms with van der Waals surface area (Å²) in [7, 11) is 0. The Kier molecular flexibility index (Phi) is 13.3. The van der Waals surface area contributed by atoms with Gasteiger partial charge in [-0.25, -0.2) is 0 Å². The highest BCUT2D eigenvalue weighted by atomic mass is 32.2. The summed E-state index contributed by atoms with van der Waals surface area (Å²) in [6.07, 6.45) is 1.52. The lowest BCUT2D eigenvalue weighted by Gasteiger charge is -2.24. The van der Waals surface area contributed by atoms with Crippen molar-refractivity contribution < 1.29 is 28.5 Å². The molecule has 6 unspecified atom stereocenters. The number of hydrogen-bond donors (Lipinski definition) is 2. The summed E-state index contributed by atoms with van der Waals surface area (Å²) in [5.74, 6) is 2.91. The van der Waals surface area contributed by atoms with Crippen molar-refractivity contribution in [3.05, 3.63) is 48.5 Å². The minimum atomic E-state index is -0.453. The first-order valence-electron chi connectivity index (χ1n) is 13.7. The van der Waals surface area contributed by atoms with Gasteiger partial charge in [-0.05, 0) is 103 Å². The SMILES string of the molecule is CCC(C)Oc1ccc(OC(C)C(C)NC(=O)SC(=O)NC(C)C(C)Oc2ccc(OC(C)CC)cc2)cc1. The normalized spacial score (nSPS) is 15.6. The largest absolute Gasteiger partial charge is 0.491 e. The van der Waals surface area contributed by atoms with Gasteiger partial charge in [0.1, 0.15) is 35.2 Å². The van der Waals surface area contributed by atoms with Crippen LogP contribution in [0.15, 0.2) is 48.5 Å². The Bertz CT molecular complexity index is 936. The molecule has 2 aromatic carbocycles. The average molecular weight is 561 g/mol. The highest BCUT2D eigenvalue weighted by Gasteiger charge is 2.22. The predicted molar refractivity (Wildman–Crippen MR) is 157 cm³/mol. The quantitative estimate of drug-likeness (QED) is 0.252. The summed E-state index contributed by atoms with van der Waals surface area (Å²) in [6, 6.07) is 14.2. The number of ether oxygens (including phenoxy) is 4. The molecule has 0 heterocycles. The van der Waals surface area contributed by atoms with Crippen molar-refractivity contribution in [3.8, 4) is 23.0 Å². The van der Waals surface area contributed by atoms with E-state index in [-0.39, 0.29) is 36.5 Å². The molecule has 6 atom stereocenters. The van der Waals surface area contributed by atoms with Gasteiger partial charge < -0.3 is 29.6 Å². The van der Waals surface area contributed by atoms with E-state index in [1.54, 1.807) is 0 Å². The number of amides is 2. The van der Waals surface area contributed by atoms with Crippen molar-refractivity contribution in [1.29, 1.82) is 0 Å². The Balaban J connectivity index is 1.75. The van der Waals surface area contributed by atoms with Crippen molar-refractivity contribution in [2.24, 2.45) is 0 Å². The van der Waals surface area contributed by atoms with Gasteiger partial charge in [0.05, 0.1) is 24.3 Å². The first-order chi connectivity index (χ1) is 18.5. The van der Waals surface area contributed by atoms with Crippen LogP contribution in [0.4, 0.5) is 9.59 Å². The molecule has 216 valence electrons. The third-order valence-electron chi connectivity index (χ3n) is 6.40. The van der Waals surface area contributed by atoms with Crippen molar-refractivity contribution in [3.63, 3.8) is 0 Å². The highest BCUT2D eigenvalue weighted by Crippen LogP contribution is 2.22. The number of nitrogens with one attached hydrogen (secondary N) is 2. The Hall–Kier alpha value is -3.07. The molecular weight excluding hydrogens is 516 g/mol.